The Labute approximate surface area is 234 Å². The number of rotatable bonds is 6. The van der Waals surface area contributed by atoms with Crippen LogP contribution in [-0.2, 0) is 19.7 Å². The van der Waals surface area contributed by atoms with Crippen LogP contribution in [0, 0.1) is 41.5 Å². The van der Waals surface area contributed by atoms with Crippen molar-refractivity contribution in [2.45, 2.75) is 48.1 Å². The molecule has 0 fully saturated rings. The molecular weight excluding hydrogens is 545 g/mol. The van der Waals surface area contributed by atoms with Crippen molar-refractivity contribution in [3.05, 3.63) is 105 Å². The quantitative estimate of drug-likeness (QED) is 0.172. The molecule has 0 spiro atoms. The van der Waals surface area contributed by atoms with Crippen molar-refractivity contribution in [2.75, 3.05) is 0 Å². The second-order valence-corrected chi connectivity index (χ2v) is 10.9. The number of aryl methyl sites for hydroxylation is 6. The van der Waals surface area contributed by atoms with Gasteiger partial charge in [0, 0.05) is 0 Å². The van der Waals surface area contributed by atoms with Gasteiger partial charge in [0.05, 0.1) is 30.3 Å². The zero-order valence-electron chi connectivity index (χ0n) is 21.9. The molecule has 0 saturated heterocycles. The summed E-state index contributed by atoms with van der Waals surface area (Å²) in [5, 5.41) is 4.73. The average Bonchev–Trinajstić information content (AvgIpc) is 3.20. The third-order valence-corrected chi connectivity index (χ3v) is 5.78. The second kappa shape index (κ2) is 13.7. The third-order valence-electron chi connectivity index (χ3n) is 5.78. The van der Waals surface area contributed by atoms with Crippen molar-refractivity contribution in [3.8, 4) is 0 Å². The predicted octanol–water partition coefficient (Wildman–Crippen LogP) is 8.05. The minimum absolute atomic E-state index is 0.194. The first-order valence-electron chi connectivity index (χ1n) is 11.8. The number of hydrogen-bond acceptors (Lipinski definition) is 4. The molecule has 0 bridgehead atoms. The Balaban J connectivity index is 0.00000121. The summed E-state index contributed by atoms with van der Waals surface area (Å²) in [6.45, 7) is 13.2. The Hall–Kier alpha value is -2.76. The van der Waals surface area contributed by atoms with E-state index in [1.165, 1.54) is 11.1 Å². The van der Waals surface area contributed by atoms with E-state index in [1.807, 2.05) is 22.9 Å². The molecule has 0 amide bonds. The molecule has 0 aliphatic rings. The van der Waals surface area contributed by atoms with Crippen LogP contribution in [0.4, 0.5) is 11.4 Å². The third kappa shape index (κ3) is 8.11. The Morgan fingerprint density at radius 2 is 1.22 bits per heavy atom. The van der Waals surface area contributed by atoms with Crippen LogP contribution in [0.3, 0.4) is 0 Å². The Morgan fingerprint density at radius 3 is 1.70 bits per heavy atom. The van der Waals surface area contributed by atoms with Gasteiger partial charge in [0.15, 0.2) is 11.6 Å². The van der Waals surface area contributed by atoms with Gasteiger partial charge in [-0.05, 0) is 69.4 Å². The minimum atomic E-state index is 0.194. The molecule has 0 N–H and O–H groups in total. The fourth-order valence-corrected chi connectivity index (χ4v) is 4.39. The molecule has 5 nitrogen and oxygen atoms in total. The van der Waals surface area contributed by atoms with Crippen molar-refractivity contribution >= 4 is 44.0 Å². The molecule has 1 aromatic heterocycles. The van der Waals surface area contributed by atoms with Gasteiger partial charge in [-0.2, -0.15) is 0 Å². The van der Waals surface area contributed by atoms with Gasteiger partial charge < -0.3 is 0 Å². The summed E-state index contributed by atoms with van der Waals surface area (Å²) in [5.41, 5.74) is 10.1. The van der Waals surface area contributed by atoms with E-state index in [4.69, 9.17) is 40.3 Å². The van der Waals surface area contributed by atoms with Crippen LogP contribution < -0.4 is 0 Å². The molecule has 4 aromatic rings. The van der Waals surface area contributed by atoms with Gasteiger partial charge in [-0.1, -0.05) is 65.7 Å². The fraction of sp³-hybridized carbons (Fsp3) is 0.241. The normalized spacial score (nSPS) is 11.4. The molecule has 0 aliphatic heterocycles. The molecule has 0 radical (unpaired) electrons. The first-order valence-corrected chi connectivity index (χ1v) is 14.8. The molecule has 0 saturated carbocycles. The summed E-state index contributed by atoms with van der Waals surface area (Å²) in [6, 6.07) is 18.8. The topological polar surface area (TPSA) is 55.4 Å². The van der Waals surface area contributed by atoms with E-state index >= 15 is 0 Å². The van der Waals surface area contributed by atoms with Gasteiger partial charge in [-0.3, -0.25) is 9.98 Å². The number of benzene rings is 3. The Kier molecular flexibility index (Phi) is 10.7. The maximum absolute atomic E-state index is 4.80. The second-order valence-electron chi connectivity index (χ2n) is 9.03. The maximum atomic E-state index is 4.80. The summed E-state index contributed by atoms with van der Waals surface area (Å²) >= 11 is 0.194. The molecule has 194 valence electrons. The van der Waals surface area contributed by atoms with Gasteiger partial charge in [0.25, 0.3) is 0 Å². The van der Waals surface area contributed by atoms with Crippen LogP contribution in [0.5, 0.6) is 0 Å². The standard InChI is InChI=1S/C29H31N5.2ClH.Fe/c1-19-12-21(3)28(22(4)13-19)30-16-26-32-27(34(33-26)18-25-10-8-7-9-11-25)17-31-29-23(5)14-20(2)15-24(29)6;;;/h7-17H,18H2,1-6H3;2*1H;/q;;;+2/p-2. The summed E-state index contributed by atoms with van der Waals surface area (Å²) in [6.07, 6.45) is 3.55. The number of aromatic nitrogens is 3. The summed E-state index contributed by atoms with van der Waals surface area (Å²) < 4.78 is 1.88. The zero-order valence-corrected chi connectivity index (χ0v) is 24.5. The van der Waals surface area contributed by atoms with E-state index in [0.717, 1.165) is 39.2 Å². The van der Waals surface area contributed by atoms with Crippen LogP contribution in [0.2, 0.25) is 0 Å². The molecule has 0 aliphatic carbocycles. The van der Waals surface area contributed by atoms with Crippen molar-refractivity contribution < 1.29 is 13.1 Å². The molecule has 1 heterocycles. The van der Waals surface area contributed by atoms with E-state index in [1.54, 1.807) is 12.4 Å². The molecule has 8 heteroatoms. The predicted molar refractivity (Wildman–Crippen MR) is 153 cm³/mol. The van der Waals surface area contributed by atoms with Gasteiger partial charge in [-0.15, -0.1) is 5.10 Å². The number of nitrogens with zero attached hydrogens (tertiary/aromatic N) is 5. The van der Waals surface area contributed by atoms with Crippen molar-refractivity contribution in [3.63, 3.8) is 0 Å². The van der Waals surface area contributed by atoms with Crippen molar-refractivity contribution in [1.29, 1.82) is 0 Å². The number of hydrogen-bond donors (Lipinski definition) is 0. The monoisotopic (exact) mass is 575 g/mol. The van der Waals surface area contributed by atoms with Crippen molar-refractivity contribution in [2.24, 2.45) is 9.98 Å². The Bertz CT molecular complexity index is 1370. The Morgan fingerprint density at radius 1 is 0.757 bits per heavy atom. The summed E-state index contributed by atoms with van der Waals surface area (Å²) in [5.74, 6) is 1.26. The van der Waals surface area contributed by atoms with Crippen molar-refractivity contribution in [1.82, 2.24) is 14.8 Å². The van der Waals surface area contributed by atoms with E-state index in [2.05, 4.69) is 77.9 Å². The number of halogens is 2. The SMILES string of the molecule is Cc1cc(C)c(N=Cc2nc(C=Nc3c(C)cc(C)cc3C)n(Cc3ccccc3)n2)c(C)c1.[Cl][Fe][Cl]. The van der Waals surface area contributed by atoms with E-state index in [9.17, 15) is 0 Å². The van der Waals surface area contributed by atoms with Gasteiger partial charge in [0.1, 0.15) is 0 Å². The van der Waals surface area contributed by atoms with Crippen LogP contribution in [0.1, 0.15) is 50.6 Å². The summed E-state index contributed by atoms with van der Waals surface area (Å²) in [4.78, 5) is 14.3. The molecule has 3 aromatic carbocycles. The number of aliphatic imine (C=N–C) groups is 2. The molecule has 0 unspecified atom stereocenters. The molecular formula is C29H31Cl2FeN5. The van der Waals surface area contributed by atoms with E-state index in [-0.39, 0.29) is 13.1 Å². The van der Waals surface area contributed by atoms with E-state index < -0.39 is 0 Å². The molecule has 0 atom stereocenters. The van der Waals surface area contributed by atoms with Gasteiger partial charge >= 0.3 is 33.3 Å². The van der Waals surface area contributed by atoms with Crippen LogP contribution in [0.15, 0.2) is 64.6 Å². The van der Waals surface area contributed by atoms with Gasteiger partial charge in [-0.25, -0.2) is 9.67 Å². The first kappa shape index (κ1) is 28.8. The molecule has 4 rings (SSSR count). The average molecular weight is 576 g/mol. The van der Waals surface area contributed by atoms with Crippen LogP contribution in [0.25, 0.3) is 0 Å². The van der Waals surface area contributed by atoms with Crippen LogP contribution >= 0.6 is 20.2 Å². The van der Waals surface area contributed by atoms with Gasteiger partial charge in [0.2, 0.25) is 0 Å². The molecule has 37 heavy (non-hydrogen) atoms. The zero-order chi connectivity index (χ0) is 26.9. The van der Waals surface area contributed by atoms with Crippen LogP contribution in [-0.4, -0.2) is 27.2 Å². The first-order chi connectivity index (χ1) is 17.7. The summed E-state index contributed by atoms with van der Waals surface area (Å²) in [7, 11) is 9.53. The fourth-order valence-electron chi connectivity index (χ4n) is 4.39. The van der Waals surface area contributed by atoms with E-state index in [0.29, 0.717) is 18.2 Å².